The van der Waals surface area contributed by atoms with E-state index in [-0.39, 0.29) is 29.6 Å². The lowest BCUT2D eigenvalue weighted by Crippen LogP contribution is -2.53. The molecule has 2 rings (SSSR count). The Hall–Kier alpha value is -2.19. The maximum Gasteiger partial charge on any atom is 0.242 e. The zero-order valence-corrected chi connectivity index (χ0v) is 18.2. The van der Waals surface area contributed by atoms with Gasteiger partial charge in [-0.15, -0.1) is 0 Å². The van der Waals surface area contributed by atoms with Crippen LogP contribution in [0.15, 0.2) is 18.2 Å². The molecule has 1 aromatic carbocycles. The number of benzene rings is 1. The summed E-state index contributed by atoms with van der Waals surface area (Å²) in [6, 6.07) is 3.65. The van der Waals surface area contributed by atoms with E-state index < -0.39 is 6.04 Å². The first-order valence-electron chi connectivity index (χ1n) is 10.8. The van der Waals surface area contributed by atoms with Crippen molar-refractivity contribution < 1.29 is 18.7 Å². The van der Waals surface area contributed by atoms with Gasteiger partial charge in [0.1, 0.15) is 24.2 Å². The predicted octanol–water partition coefficient (Wildman–Crippen LogP) is 1.45. The first kappa shape index (κ1) is 24.1. The third kappa shape index (κ3) is 6.95. The molecule has 0 bridgehead atoms. The number of nitrogens with zero attached hydrogens (tertiary/aromatic N) is 1. The quantitative estimate of drug-likeness (QED) is 0.418. The fourth-order valence-corrected chi connectivity index (χ4v) is 3.33. The van der Waals surface area contributed by atoms with E-state index in [2.05, 4.69) is 10.6 Å². The molecular weight excluding hydrogens is 387 g/mol. The molecule has 1 aromatic rings. The number of nitrogens with two attached hydrogens (primary N) is 1. The molecule has 0 radical (unpaired) electrons. The summed E-state index contributed by atoms with van der Waals surface area (Å²) < 4.78 is 19.4. The van der Waals surface area contributed by atoms with Crippen LogP contribution in [0.25, 0.3) is 0 Å². The van der Waals surface area contributed by atoms with E-state index in [0.717, 1.165) is 31.2 Å². The smallest absolute Gasteiger partial charge is 0.242 e. The van der Waals surface area contributed by atoms with Gasteiger partial charge in [0.05, 0.1) is 6.04 Å². The Morgan fingerprint density at radius 2 is 2.10 bits per heavy atom. The van der Waals surface area contributed by atoms with Crippen molar-refractivity contribution in [1.82, 2.24) is 15.5 Å². The van der Waals surface area contributed by atoms with Crippen LogP contribution in [-0.4, -0.2) is 62.1 Å². The van der Waals surface area contributed by atoms with Crippen LogP contribution in [0.2, 0.25) is 0 Å². The van der Waals surface area contributed by atoms with Crippen molar-refractivity contribution >= 4 is 11.8 Å². The fraction of sp³-hybridized carbons (Fsp3) is 0.636. The minimum Gasteiger partial charge on any atom is -0.492 e. The average molecular weight is 423 g/mol. The number of hydrogen-bond donors (Lipinski definition) is 3. The molecule has 0 heterocycles. The van der Waals surface area contributed by atoms with E-state index in [1.807, 2.05) is 6.92 Å². The highest BCUT2D eigenvalue weighted by Gasteiger charge is 2.38. The summed E-state index contributed by atoms with van der Waals surface area (Å²) in [6.45, 7) is 5.42. The van der Waals surface area contributed by atoms with E-state index >= 15 is 0 Å². The van der Waals surface area contributed by atoms with Crippen molar-refractivity contribution in [2.45, 2.75) is 51.6 Å². The second kappa shape index (κ2) is 11.9. The molecule has 168 valence electrons. The Morgan fingerprint density at radius 3 is 2.73 bits per heavy atom. The summed E-state index contributed by atoms with van der Waals surface area (Å²) in [4.78, 5) is 26.5. The molecule has 0 saturated heterocycles. The van der Waals surface area contributed by atoms with E-state index in [0.29, 0.717) is 32.0 Å². The Labute approximate surface area is 178 Å². The highest BCUT2D eigenvalue weighted by molar-refractivity contribution is 5.89. The topological polar surface area (TPSA) is 96.7 Å². The number of halogens is 1. The summed E-state index contributed by atoms with van der Waals surface area (Å²) in [5.41, 5.74) is 6.49. The van der Waals surface area contributed by atoms with Gasteiger partial charge in [-0.05, 0) is 63.6 Å². The summed E-state index contributed by atoms with van der Waals surface area (Å²) in [5, 5.41) is 6.02. The number of carbonyl (C=O) groups excluding carboxylic acids is 2. The Morgan fingerprint density at radius 1 is 1.37 bits per heavy atom. The lowest BCUT2D eigenvalue weighted by atomic mass is 10.1. The summed E-state index contributed by atoms with van der Waals surface area (Å²) >= 11 is 0. The summed E-state index contributed by atoms with van der Waals surface area (Å²) in [7, 11) is 1.66. The maximum absolute atomic E-state index is 13.6. The van der Waals surface area contributed by atoms with Gasteiger partial charge >= 0.3 is 0 Å². The molecule has 0 aromatic heterocycles. The van der Waals surface area contributed by atoms with E-state index in [1.165, 1.54) is 17.0 Å². The minimum absolute atomic E-state index is 0.0920. The molecular formula is C22H35FN4O3. The van der Waals surface area contributed by atoms with Gasteiger partial charge in [-0.3, -0.25) is 9.59 Å². The van der Waals surface area contributed by atoms with E-state index in [4.69, 9.17) is 10.5 Å². The SMILES string of the molecule is CCNC(=O)C(C)N(C)C(=O)C(NCCOc1cc(F)ccc1CCCN)C1CC1. The molecule has 1 aliphatic carbocycles. The van der Waals surface area contributed by atoms with Gasteiger partial charge < -0.3 is 26.0 Å². The highest BCUT2D eigenvalue weighted by atomic mass is 19.1. The number of likely N-dealkylation sites (N-methyl/N-ethyl adjacent to an activating group) is 2. The van der Waals surface area contributed by atoms with Crippen LogP contribution < -0.4 is 21.1 Å². The molecule has 2 amide bonds. The van der Waals surface area contributed by atoms with Gasteiger partial charge in [0.15, 0.2) is 0 Å². The van der Waals surface area contributed by atoms with Crippen LogP contribution in [0, 0.1) is 11.7 Å². The van der Waals surface area contributed by atoms with Crippen LogP contribution in [0.4, 0.5) is 4.39 Å². The van der Waals surface area contributed by atoms with Gasteiger partial charge in [0, 0.05) is 26.2 Å². The number of ether oxygens (including phenoxy) is 1. The zero-order chi connectivity index (χ0) is 22.1. The third-order valence-corrected chi connectivity index (χ3v) is 5.42. The number of carbonyl (C=O) groups is 2. The lowest BCUT2D eigenvalue weighted by molar-refractivity contribution is -0.140. The van der Waals surface area contributed by atoms with E-state index in [9.17, 15) is 14.0 Å². The third-order valence-electron chi connectivity index (χ3n) is 5.42. The maximum atomic E-state index is 13.6. The number of hydrogen-bond acceptors (Lipinski definition) is 5. The molecule has 8 heteroatoms. The Kier molecular flexibility index (Phi) is 9.52. The monoisotopic (exact) mass is 422 g/mol. The number of amides is 2. The van der Waals surface area contributed by atoms with Gasteiger partial charge in [-0.25, -0.2) is 4.39 Å². The van der Waals surface area contributed by atoms with Gasteiger partial charge in [0.2, 0.25) is 11.8 Å². The van der Waals surface area contributed by atoms with Crippen molar-refractivity contribution in [2.24, 2.45) is 11.7 Å². The molecule has 1 saturated carbocycles. The second-order valence-electron chi connectivity index (χ2n) is 7.78. The molecule has 1 aliphatic rings. The van der Waals surface area contributed by atoms with Crippen LogP contribution in [0.5, 0.6) is 5.75 Å². The average Bonchev–Trinajstić information content (AvgIpc) is 3.57. The van der Waals surface area contributed by atoms with Crippen molar-refractivity contribution in [3.8, 4) is 5.75 Å². The summed E-state index contributed by atoms with van der Waals surface area (Å²) in [6.07, 6.45) is 3.50. The first-order valence-corrected chi connectivity index (χ1v) is 10.8. The van der Waals surface area contributed by atoms with Crippen molar-refractivity contribution in [3.63, 3.8) is 0 Å². The van der Waals surface area contributed by atoms with Crippen LogP contribution >= 0.6 is 0 Å². The Bertz CT molecular complexity index is 712. The second-order valence-corrected chi connectivity index (χ2v) is 7.78. The first-order chi connectivity index (χ1) is 14.4. The van der Waals surface area contributed by atoms with Gasteiger partial charge in [0.25, 0.3) is 0 Å². The van der Waals surface area contributed by atoms with Crippen LogP contribution in [-0.2, 0) is 16.0 Å². The standard InChI is InChI=1S/C22H35FN4O3/c1-4-25-21(28)15(2)27(3)22(29)20(17-7-8-17)26-12-13-30-19-14-18(23)10-9-16(19)6-5-11-24/h9-10,14-15,17,20,26H,4-8,11-13,24H2,1-3H3,(H,25,28). The minimum atomic E-state index is -0.533. The molecule has 0 spiro atoms. The zero-order valence-electron chi connectivity index (χ0n) is 18.2. The van der Waals surface area contributed by atoms with Crippen molar-refractivity contribution in [2.75, 3.05) is 33.3 Å². The van der Waals surface area contributed by atoms with Crippen molar-refractivity contribution in [3.05, 3.63) is 29.6 Å². The summed E-state index contributed by atoms with van der Waals surface area (Å²) in [5.74, 6) is 0.187. The van der Waals surface area contributed by atoms with Gasteiger partial charge in [-0.2, -0.15) is 0 Å². The normalized spacial score (nSPS) is 15.4. The fourth-order valence-electron chi connectivity index (χ4n) is 3.33. The van der Waals surface area contributed by atoms with Crippen LogP contribution in [0.3, 0.4) is 0 Å². The molecule has 4 N–H and O–H groups in total. The molecule has 1 fully saturated rings. The molecule has 2 atom stereocenters. The molecule has 0 aliphatic heterocycles. The predicted molar refractivity (Wildman–Crippen MR) is 115 cm³/mol. The van der Waals surface area contributed by atoms with Crippen LogP contribution in [0.1, 0.15) is 38.7 Å². The number of aryl methyl sites for hydroxylation is 1. The Balaban J connectivity index is 1.89. The number of rotatable bonds is 13. The number of nitrogens with one attached hydrogen (secondary N) is 2. The molecule has 30 heavy (non-hydrogen) atoms. The largest absolute Gasteiger partial charge is 0.492 e. The lowest BCUT2D eigenvalue weighted by Gasteiger charge is -2.29. The van der Waals surface area contributed by atoms with Crippen molar-refractivity contribution in [1.29, 1.82) is 0 Å². The van der Waals surface area contributed by atoms with E-state index in [1.54, 1.807) is 20.0 Å². The molecule has 2 unspecified atom stereocenters. The molecule has 7 nitrogen and oxygen atoms in total. The highest BCUT2D eigenvalue weighted by Crippen LogP contribution is 2.33. The van der Waals surface area contributed by atoms with Gasteiger partial charge in [-0.1, -0.05) is 6.07 Å².